The van der Waals surface area contributed by atoms with Gasteiger partial charge in [0, 0.05) is 46.3 Å². The Balaban J connectivity index is 1.48. The molecule has 1 aliphatic rings. The van der Waals surface area contributed by atoms with Crippen LogP contribution in [-0.2, 0) is 4.79 Å². The predicted molar refractivity (Wildman–Crippen MR) is 118 cm³/mol. The Morgan fingerprint density at radius 1 is 0.964 bits per heavy atom. The molecule has 1 saturated heterocycles. The lowest BCUT2D eigenvalue weighted by molar-refractivity contribution is -0.128. The number of nitrogens with one attached hydrogen (secondary N) is 1. The molecule has 0 atom stereocenters. The third kappa shape index (κ3) is 6.15. The van der Waals surface area contributed by atoms with Crippen molar-refractivity contribution in [1.82, 2.24) is 9.80 Å². The van der Waals surface area contributed by atoms with E-state index in [4.69, 9.17) is 11.6 Å². The summed E-state index contributed by atoms with van der Waals surface area (Å²) in [6.45, 7) is 2.37. The van der Waals surface area contributed by atoms with Gasteiger partial charge in [-0.2, -0.15) is 0 Å². The minimum atomic E-state index is -0.152. The second-order valence-corrected chi connectivity index (χ2v) is 8.80. The lowest BCUT2D eigenvalue weighted by Crippen LogP contribution is -2.39. The van der Waals surface area contributed by atoms with Gasteiger partial charge in [-0.3, -0.25) is 4.79 Å². The number of halogens is 2. The number of anilines is 1. The van der Waals surface area contributed by atoms with Crippen LogP contribution in [-0.4, -0.2) is 53.7 Å². The molecule has 1 aliphatic heterocycles. The first kappa shape index (κ1) is 21.0. The SMILES string of the molecule is O=C(CSc1ccc(Br)cc1)N1CCCN(C(=O)Nc2ccc(Cl)cc2)CC1. The molecule has 3 rings (SSSR count). The Morgan fingerprint density at radius 2 is 1.61 bits per heavy atom. The van der Waals surface area contributed by atoms with Crippen LogP contribution >= 0.6 is 39.3 Å². The van der Waals surface area contributed by atoms with Gasteiger partial charge in [0.05, 0.1) is 5.75 Å². The first-order valence-electron chi connectivity index (χ1n) is 8.99. The zero-order valence-electron chi connectivity index (χ0n) is 15.2. The van der Waals surface area contributed by atoms with E-state index in [1.54, 1.807) is 29.2 Å². The van der Waals surface area contributed by atoms with Gasteiger partial charge in [0.2, 0.25) is 5.91 Å². The van der Waals surface area contributed by atoms with Gasteiger partial charge < -0.3 is 15.1 Å². The number of nitrogens with zero attached hydrogens (tertiary/aromatic N) is 2. The van der Waals surface area contributed by atoms with Crippen molar-refractivity contribution in [3.05, 3.63) is 58.0 Å². The monoisotopic (exact) mass is 481 g/mol. The van der Waals surface area contributed by atoms with Crippen LogP contribution in [0.25, 0.3) is 0 Å². The van der Waals surface area contributed by atoms with Crippen molar-refractivity contribution < 1.29 is 9.59 Å². The Bertz CT molecular complexity index is 817. The average molecular weight is 483 g/mol. The van der Waals surface area contributed by atoms with E-state index in [9.17, 15) is 9.59 Å². The standard InChI is InChI=1S/C20H21BrClN3O2S/c21-15-2-8-18(9-3-15)28-14-19(26)24-10-1-11-25(13-12-24)20(27)23-17-6-4-16(22)5-7-17/h2-9H,1,10-14H2,(H,23,27). The molecule has 0 bridgehead atoms. The summed E-state index contributed by atoms with van der Waals surface area (Å²) in [5.41, 5.74) is 0.706. The molecule has 8 heteroatoms. The molecule has 0 spiro atoms. The first-order valence-corrected chi connectivity index (χ1v) is 11.1. The van der Waals surface area contributed by atoms with E-state index in [-0.39, 0.29) is 11.9 Å². The summed E-state index contributed by atoms with van der Waals surface area (Å²) in [6.07, 6.45) is 0.767. The number of benzene rings is 2. The van der Waals surface area contributed by atoms with Gasteiger partial charge in [-0.05, 0) is 55.0 Å². The quantitative estimate of drug-likeness (QED) is 0.627. The third-order valence-electron chi connectivity index (χ3n) is 4.41. The molecular weight excluding hydrogens is 462 g/mol. The molecule has 0 saturated carbocycles. The van der Waals surface area contributed by atoms with Crippen LogP contribution in [0.2, 0.25) is 5.02 Å². The maximum atomic E-state index is 12.6. The highest BCUT2D eigenvalue weighted by Gasteiger charge is 2.22. The highest BCUT2D eigenvalue weighted by atomic mass is 79.9. The Kier molecular flexibility index (Phi) is 7.65. The number of rotatable bonds is 4. The smallest absolute Gasteiger partial charge is 0.321 e. The summed E-state index contributed by atoms with van der Waals surface area (Å²) in [6, 6.07) is 14.8. The van der Waals surface area contributed by atoms with Crippen LogP contribution in [0.3, 0.4) is 0 Å². The van der Waals surface area contributed by atoms with E-state index < -0.39 is 0 Å². The zero-order chi connectivity index (χ0) is 19.9. The van der Waals surface area contributed by atoms with Gasteiger partial charge in [-0.1, -0.05) is 27.5 Å². The number of amides is 3. The van der Waals surface area contributed by atoms with Crippen molar-refractivity contribution >= 4 is 56.9 Å². The molecule has 1 heterocycles. The molecule has 0 aromatic heterocycles. The highest BCUT2D eigenvalue weighted by molar-refractivity contribution is 9.10. The van der Waals surface area contributed by atoms with Gasteiger partial charge in [0.25, 0.3) is 0 Å². The lowest BCUT2D eigenvalue weighted by Gasteiger charge is -2.22. The number of carbonyl (C=O) groups excluding carboxylic acids is 2. The molecule has 2 aromatic carbocycles. The summed E-state index contributed by atoms with van der Waals surface area (Å²) >= 11 is 10.8. The van der Waals surface area contributed by atoms with Crippen LogP contribution in [0.4, 0.5) is 10.5 Å². The minimum absolute atomic E-state index is 0.105. The van der Waals surface area contributed by atoms with Gasteiger partial charge in [0.1, 0.15) is 0 Å². The van der Waals surface area contributed by atoms with Gasteiger partial charge in [-0.25, -0.2) is 4.79 Å². The van der Waals surface area contributed by atoms with E-state index in [1.807, 2.05) is 29.2 Å². The molecule has 0 radical (unpaired) electrons. The maximum Gasteiger partial charge on any atom is 0.321 e. The molecule has 1 fully saturated rings. The Hall–Kier alpha value is -1.70. The van der Waals surface area contributed by atoms with Crippen LogP contribution in [0.5, 0.6) is 0 Å². The van der Waals surface area contributed by atoms with E-state index in [0.29, 0.717) is 42.6 Å². The van der Waals surface area contributed by atoms with E-state index in [0.717, 1.165) is 15.8 Å². The summed E-state index contributed by atoms with van der Waals surface area (Å²) in [4.78, 5) is 29.7. The van der Waals surface area contributed by atoms with E-state index >= 15 is 0 Å². The molecular formula is C20H21BrClN3O2S. The molecule has 148 valence electrons. The summed E-state index contributed by atoms with van der Waals surface area (Å²) in [5.74, 6) is 0.506. The summed E-state index contributed by atoms with van der Waals surface area (Å²) in [7, 11) is 0. The zero-order valence-corrected chi connectivity index (χ0v) is 18.4. The van der Waals surface area contributed by atoms with Crippen molar-refractivity contribution in [3.8, 4) is 0 Å². The number of carbonyl (C=O) groups is 2. The lowest BCUT2D eigenvalue weighted by atomic mass is 10.3. The fourth-order valence-electron chi connectivity index (χ4n) is 2.87. The Morgan fingerprint density at radius 3 is 2.32 bits per heavy atom. The van der Waals surface area contributed by atoms with Crippen molar-refractivity contribution in [3.63, 3.8) is 0 Å². The molecule has 1 N–H and O–H groups in total. The van der Waals surface area contributed by atoms with Crippen molar-refractivity contribution in [2.24, 2.45) is 0 Å². The van der Waals surface area contributed by atoms with E-state index in [2.05, 4.69) is 21.2 Å². The van der Waals surface area contributed by atoms with E-state index in [1.165, 1.54) is 11.8 Å². The fourth-order valence-corrected chi connectivity index (χ4v) is 4.06. The predicted octanol–water partition coefficient (Wildman–Crippen LogP) is 4.96. The number of urea groups is 1. The van der Waals surface area contributed by atoms with Crippen LogP contribution in [0.1, 0.15) is 6.42 Å². The molecule has 2 aromatic rings. The van der Waals surface area contributed by atoms with Crippen LogP contribution < -0.4 is 5.32 Å². The van der Waals surface area contributed by atoms with Gasteiger partial charge in [0.15, 0.2) is 0 Å². The third-order valence-corrected chi connectivity index (χ3v) is 6.18. The minimum Gasteiger partial charge on any atom is -0.340 e. The number of hydrogen-bond acceptors (Lipinski definition) is 3. The molecule has 28 heavy (non-hydrogen) atoms. The first-order chi connectivity index (χ1) is 13.5. The molecule has 0 aliphatic carbocycles. The van der Waals surface area contributed by atoms with Gasteiger partial charge >= 0.3 is 6.03 Å². The van der Waals surface area contributed by atoms with Crippen molar-refractivity contribution in [1.29, 1.82) is 0 Å². The largest absolute Gasteiger partial charge is 0.340 e. The Labute approximate surface area is 182 Å². The molecule has 0 unspecified atom stereocenters. The molecule has 5 nitrogen and oxygen atoms in total. The average Bonchev–Trinajstić information content (AvgIpc) is 2.95. The number of thioether (sulfide) groups is 1. The summed E-state index contributed by atoms with van der Waals surface area (Å²) in [5, 5.41) is 3.51. The van der Waals surface area contributed by atoms with Crippen LogP contribution in [0, 0.1) is 0 Å². The van der Waals surface area contributed by atoms with Crippen molar-refractivity contribution in [2.45, 2.75) is 11.3 Å². The highest BCUT2D eigenvalue weighted by Crippen LogP contribution is 2.21. The second-order valence-electron chi connectivity index (χ2n) is 6.40. The van der Waals surface area contributed by atoms with Crippen LogP contribution in [0.15, 0.2) is 57.9 Å². The normalized spacial score (nSPS) is 14.5. The van der Waals surface area contributed by atoms with Gasteiger partial charge in [-0.15, -0.1) is 11.8 Å². The fraction of sp³-hybridized carbons (Fsp3) is 0.300. The number of hydrogen-bond donors (Lipinski definition) is 1. The maximum absolute atomic E-state index is 12.6. The summed E-state index contributed by atoms with van der Waals surface area (Å²) < 4.78 is 1.02. The topological polar surface area (TPSA) is 52.7 Å². The van der Waals surface area contributed by atoms with Crippen molar-refractivity contribution in [2.75, 3.05) is 37.2 Å². The second kappa shape index (κ2) is 10.2. The molecule has 3 amide bonds.